The third-order valence-electron chi connectivity index (χ3n) is 1.53. The van der Waals surface area contributed by atoms with Crippen molar-refractivity contribution >= 4 is 6.29 Å². The van der Waals surface area contributed by atoms with Gasteiger partial charge in [0.1, 0.15) is 17.3 Å². The van der Waals surface area contributed by atoms with E-state index in [-0.39, 0.29) is 6.29 Å². The number of rotatable bonds is 2. The van der Waals surface area contributed by atoms with E-state index in [2.05, 4.69) is 4.98 Å². The van der Waals surface area contributed by atoms with Crippen LogP contribution in [0.25, 0.3) is 0 Å². The van der Waals surface area contributed by atoms with Crippen molar-refractivity contribution in [2.75, 3.05) is 0 Å². The molecule has 0 N–H and O–H groups in total. The van der Waals surface area contributed by atoms with Crippen LogP contribution < -0.4 is 0 Å². The Labute approximate surface area is 76.8 Å². The zero-order valence-corrected chi connectivity index (χ0v) is 6.67. The maximum atomic E-state index is 13.1. The molecule has 0 fully saturated rings. The van der Waals surface area contributed by atoms with Gasteiger partial charge < -0.3 is 0 Å². The minimum Gasteiger partial charge on any atom is -0.296 e. The van der Waals surface area contributed by atoms with Crippen molar-refractivity contribution in [1.29, 1.82) is 5.26 Å². The molecular formula is C8H3F3N2O. The van der Waals surface area contributed by atoms with Crippen LogP contribution in [0.5, 0.6) is 0 Å². The van der Waals surface area contributed by atoms with E-state index >= 15 is 0 Å². The number of pyridine rings is 1. The summed E-state index contributed by atoms with van der Waals surface area (Å²) in [5.74, 6) is -1.39. The fourth-order valence-corrected chi connectivity index (χ4v) is 0.865. The zero-order chi connectivity index (χ0) is 10.7. The van der Waals surface area contributed by atoms with Crippen LogP contribution in [-0.4, -0.2) is 11.3 Å². The van der Waals surface area contributed by atoms with E-state index < -0.39 is 29.1 Å². The summed E-state index contributed by atoms with van der Waals surface area (Å²) in [6, 6.07) is 1.31. The topological polar surface area (TPSA) is 53.8 Å². The van der Waals surface area contributed by atoms with Gasteiger partial charge >= 0.3 is 0 Å². The third-order valence-corrected chi connectivity index (χ3v) is 1.53. The normalized spacial score (nSPS) is 9.93. The Morgan fingerprint density at radius 2 is 2.21 bits per heavy atom. The molecule has 6 heteroatoms. The number of carbonyl (C=O) groups is 1. The number of aromatic nitrogens is 1. The van der Waals surface area contributed by atoms with Crippen molar-refractivity contribution in [2.45, 2.75) is 6.43 Å². The van der Waals surface area contributed by atoms with Crippen molar-refractivity contribution in [1.82, 2.24) is 4.98 Å². The molecule has 0 atom stereocenters. The van der Waals surface area contributed by atoms with E-state index in [1.807, 2.05) is 0 Å². The molecule has 1 aromatic heterocycles. The number of hydrogen-bond donors (Lipinski definition) is 0. The fraction of sp³-hybridized carbons (Fsp3) is 0.125. The van der Waals surface area contributed by atoms with Crippen molar-refractivity contribution in [3.63, 3.8) is 0 Å². The van der Waals surface area contributed by atoms with Crippen molar-refractivity contribution < 1.29 is 18.0 Å². The van der Waals surface area contributed by atoms with Crippen LogP contribution in [0.15, 0.2) is 6.20 Å². The summed E-state index contributed by atoms with van der Waals surface area (Å²) in [5, 5.41) is 8.40. The molecule has 0 spiro atoms. The monoisotopic (exact) mass is 200 g/mol. The number of carbonyl (C=O) groups excluding carboxylic acids is 1. The van der Waals surface area contributed by atoms with Gasteiger partial charge in [0.25, 0.3) is 6.43 Å². The SMILES string of the molecule is N#Cc1c(C=O)ncc(C(F)F)c1F. The minimum atomic E-state index is -3.06. The average Bonchev–Trinajstić information content (AvgIpc) is 2.16. The maximum Gasteiger partial charge on any atom is 0.268 e. The van der Waals surface area contributed by atoms with E-state index in [0.29, 0.717) is 6.20 Å². The molecule has 1 aromatic rings. The van der Waals surface area contributed by atoms with Gasteiger partial charge in [-0.2, -0.15) is 5.26 Å². The molecule has 14 heavy (non-hydrogen) atoms. The molecule has 0 aliphatic carbocycles. The van der Waals surface area contributed by atoms with Crippen LogP contribution in [0.3, 0.4) is 0 Å². The van der Waals surface area contributed by atoms with Gasteiger partial charge in [-0.3, -0.25) is 9.78 Å². The van der Waals surface area contributed by atoms with Crippen LogP contribution in [-0.2, 0) is 0 Å². The van der Waals surface area contributed by atoms with Gasteiger partial charge in [-0.05, 0) is 0 Å². The predicted molar refractivity (Wildman–Crippen MR) is 39.3 cm³/mol. The Hall–Kier alpha value is -1.90. The first-order valence-corrected chi connectivity index (χ1v) is 3.43. The lowest BCUT2D eigenvalue weighted by Gasteiger charge is -2.03. The maximum absolute atomic E-state index is 13.1. The molecule has 0 saturated carbocycles. The Morgan fingerprint density at radius 3 is 2.64 bits per heavy atom. The molecular weight excluding hydrogens is 197 g/mol. The lowest BCUT2D eigenvalue weighted by atomic mass is 10.1. The van der Waals surface area contributed by atoms with Crippen LogP contribution >= 0.6 is 0 Å². The third kappa shape index (κ3) is 1.57. The molecule has 0 aromatic carbocycles. The van der Waals surface area contributed by atoms with E-state index in [0.717, 1.165) is 0 Å². The molecule has 0 bridgehead atoms. The number of nitriles is 1. The average molecular weight is 200 g/mol. The summed E-state index contributed by atoms with van der Waals surface area (Å²) in [6.07, 6.45) is -2.38. The Bertz CT molecular complexity index is 412. The molecule has 1 heterocycles. The second-order valence-electron chi connectivity index (χ2n) is 2.32. The van der Waals surface area contributed by atoms with Crippen LogP contribution in [0.1, 0.15) is 28.0 Å². The molecule has 0 amide bonds. The lowest BCUT2D eigenvalue weighted by molar-refractivity contribution is 0.111. The Balaban J connectivity index is 3.44. The molecule has 1 rings (SSSR count). The van der Waals surface area contributed by atoms with Crippen LogP contribution in [0.2, 0.25) is 0 Å². The highest BCUT2D eigenvalue weighted by Gasteiger charge is 2.20. The largest absolute Gasteiger partial charge is 0.296 e. The van der Waals surface area contributed by atoms with Gasteiger partial charge in [-0.25, -0.2) is 13.2 Å². The predicted octanol–water partition coefficient (Wildman–Crippen LogP) is 1.84. The summed E-state index contributed by atoms with van der Waals surface area (Å²) >= 11 is 0. The Kier molecular flexibility index (Phi) is 2.82. The zero-order valence-electron chi connectivity index (χ0n) is 6.67. The van der Waals surface area contributed by atoms with Crippen LogP contribution in [0, 0.1) is 17.1 Å². The van der Waals surface area contributed by atoms with Gasteiger partial charge in [-0.15, -0.1) is 0 Å². The molecule has 0 aliphatic rings. The van der Waals surface area contributed by atoms with E-state index in [1.54, 1.807) is 0 Å². The molecule has 3 nitrogen and oxygen atoms in total. The molecule has 0 saturated heterocycles. The van der Waals surface area contributed by atoms with Gasteiger partial charge in [0.05, 0.1) is 5.56 Å². The summed E-state index contributed by atoms with van der Waals surface area (Å²) in [7, 11) is 0. The second-order valence-corrected chi connectivity index (χ2v) is 2.32. The highest BCUT2D eigenvalue weighted by molar-refractivity contribution is 5.76. The number of aldehydes is 1. The minimum absolute atomic E-state index is 0.136. The van der Waals surface area contributed by atoms with Gasteiger partial charge in [0.15, 0.2) is 12.1 Å². The standard InChI is InChI=1S/C8H3F3N2O/c9-7-4(1-12)6(3-14)13-2-5(7)8(10)11/h2-3,8H. The summed E-state index contributed by atoms with van der Waals surface area (Å²) < 4.78 is 37.3. The molecule has 0 unspecified atom stereocenters. The van der Waals surface area contributed by atoms with E-state index in [9.17, 15) is 18.0 Å². The first-order chi connectivity index (χ1) is 6.61. The molecule has 72 valence electrons. The van der Waals surface area contributed by atoms with Gasteiger partial charge in [0, 0.05) is 6.20 Å². The van der Waals surface area contributed by atoms with Gasteiger partial charge in [0.2, 0.25) is 0 Å². The highest BCUT2D eigenvalue weighted by Crippen LogP contribution is 2.23. The number of nitrogens with zero attached hydrogens (tertiary/aromatic N) is 2. The first-order valence-electron chi connectivity index (χ1n) is 3.43. The lowest BCUT2D eigenvalue weighted by Crippen LogP contribution is -2.02. The van der Waals surface area contributed by atoms with Gasteiger partial charge in [-0.1, -0.05) is 0 Å². The number of hydrogen-bond acceptors (Lipinski definition) is 3. The van der Waals surface area contributed by atoms with E-state index in [4.69, 9.17) is 5.26 Å². The number of halogens is 3. The molecule has 0 aliphatic heterocycles. The second kappa shape index (κ2) is 3.87. The molecule has 0 radical (unpaired) electrons. The smallest absolute Gasteiger partial charge is 0.268 e. The van der Waals surface area contributed by atoms with Crippen LogP contribution in [0.4, 0.5) is 13.2 Å². The van der Waals surface area contributed by atoms with E-state index in [1.165, 1.54) is 6.07 Å². The Morgan fingerprint density at radius 1 is 1.57 bits per heavy atom. The summed E-state index contributed by atoms with van der Waals surface area (Å²) in [5.41, 5.74) is -2.21. The van der Waals surface area contributed by atoms with Crippen molar-refractivity contribution in [3.05, 3.63) is 28.8 Å². The summed E-state index contributed by atoms with van der Waals surface area (Å²) in [4.78, 5) is 13.5. The quantitative estimate of drug-likeness (QED) is 0.684. The highest BCUT2D eigenvalue weighted by atomic mass is 19.3. The first kappa shape index (κ1) is 10.2. The summed E-state index contributed by atoms with van der Waals surface area (Å²) in [6.45, 7) is 0. The van der Waals surface area contributed by atoms with Crippen molar-refractivity contribution in [2.24, 2.45) is 0 Å². The van der Waals surface area contributed by atoms with Crippen molar-refractivity contribution in [3.8, 4) is 6.07 Å². The number of alkyl halides is 2. The fourth-order valence-electron chi connectivity index (χ4n) is 0.865.